The molecule has 4 rings (SSSR count). The van der Waals surface area contributed by atoms with E-state index in [1.54, 1.807) is 7.05 Å². The molecular formula is C20H24ClN5O2. The molecule has 7 nitrogen and oxygen atoms in total. The molecule has 0 unspecified atom stereocenters. The number of aryl methyl sites for hydroxylation is 2. The summed E-state index contributed by atoms with van der Waals surface area (Å²) in [6, 6.07) is 5.78. The van der Waals surface area contributed by atoms with Crippen molar-refractivity contribution in [3.05, 3.63) is 49.6 Å². The highest BCUT2D eigenvalue weighted by Crippen LogP contribution is 2.35. The highest BCUT2D eigenvalue weighted by Gasteiger charge is 2.27. The van der Waals surface area contributed by atoms with Gasteiger partial charge in [0.25, 0.3) is 5.56 Å². The van der Waals surface area contributed by atoms with Crippen LogP contribution < -0.4 is 16.1 Å². The molecule has 0 N–H and O–H groups in total. The number of halogens is 1. The summed E-state index contributed by atoms with van der Waals surface area (Å²) in [5, 5.41) is 0.692. The van der Waals surface area contributed by atoms with Gasteiger partial charge < -0.3 is 9.47 Å². The summed E-state index contributed by atoms with van der Waals surface area (Å²) in [4.78, 5) is 32.7. The topological polar surface area (TPSA) is 65.1 Å². The van der Waals surface area contributed by atoms with Crippen LogP contribution in [0, 0.1) is 12.8 Å². The number of benzene rings is 1. The summed E-state index contributed by atoms with van der Waals surface area (Å²) in [5.74, 6) is 0.873. The average Bonchev–Trinajstić information content (AvgIpc) is 3.05. The third-order valence-electron chi connectivity index (χ3n) is 5.29. The van der Waals surface area contributed by atoms with Gasteiger partial charge in [0.2, 0.25) is 5.95 Å². The van der Waals surface area contributed by atoms with Crippen molar-refractivity contribution >= 4 is 34.4 Å². The maximum Gasteiger partial charge on any atom is 0.332 e. The molecule has 0 bridgehead atoms. The molecule has 1 aromatic carbocycles. The monoisotopic (exact) mass is 401 g/mol. The number of aromatic nitrogens is 4. The van der Waals surface area contributed by atoms with E-state index in [9.17, 15) is 9.59 Å². The Balaban J connectivity index is 2.00. The molecule has 0 atom stereocenters. The van der Waals surface area contributed by atoms with Gasteiger partial charge in [0.15, 0.2) is 11.2 Å². The molecule has 1 aliphatic heterocycles. The highest BCUT2D eigenvalue weighted by atomic mass is 35.5. The second-order valence-electron chi connectivity index (χ2n) is 7.78. The first kappa shape index (κ1) is 18.8. The lowest BCUT2D eigenvalue weighted by atomic mass is 10.1. The Kier molecular flexibility index (Phi) is 4.57. The van der Waals surface area contributed by atoms with Crippen LogP contribution in [0.25, 0.3) is 11.2 Å². The molecule has 3 heterocycles. The zero-order valence-corrected chi connectivity index (χ0v) is 17.3. The minimum atomic E-state index is -0.327. The summed E-state index contributed by atoms with van der Waals surface area (Å²) in [5.41, 5.74) is 2.26. The maximum absolute atomic E-state index is 13.2. The van der Waals surface area contributed by atoms with Gasteiger partial charge >= 0.3 is 5.69 Å². The second-order valence-corrected chi connectivity index (χ2v) is 8.18. The van der Waals surface area contributed by atoms with Crippen LogP contribution in [0.5, 0.6) is 0 Å². The zero-order chi connectivity index (χ0) is 20.2. The van der Waals surface area contributed by atoms with E-state index in [-0.39, 0.29) is 17.2 Å². The van der Waals surface area contributed by atoms with Gasteiger partial charge in [0.1, 0.15) is 0 Å². The third kappa shape index (κ3) is 2.76. The molecule has 28 heavy (non-hydrogen) atoms. The Morgan fingerprint density at radius 2 is 1.96 bits per heavy atom. The maximum atomic E-state index is 13.2. The van der Waals surface area contributed by atoms with Crippen molar-refractivity contribution < 1.29 is 0 Å². The van der Waals surface area contributed by atoms with Gasteiger partial charge in [-0.3, -0.25) is 13.9 Å². The molecule has 0 fully saturated rings. The van der Waals surface area contributed by atoms with Gasteiger partial charge in [-0.25, -0.2) is 4.79 Å². The van der Waals surface area contributed by atoms with Crippen LogP contribution in [0.15, 0.2) is 27.8 Å². The molecule has 1 aliphatic rings. The van der Waals surface area contributed by atoms with Crippen molar-refractivity contribution in [2.24, 2.45) is 13.0 Å². The highest BCUT2D eigenvalue weighted by molar-refractivity contribution is 6.31. The second kappa shape index (κ2) is 6.81. The molecule has 0 saturated heterocycles. The van der Waals surface area contributed by atoms with E-state index in [4.69, 9.17) is 16.6 Å². The van der Waals surface area contributed by atoms with Crippen LogP contribution in [0.4, 0.5) is 11.6 Å². The molecule has 2 aromatic heterocycles. The first-order chi connectivity index (χ1) is 13.3. The number of fused-ring (bicyclic) bond motifs is 3. The molecular weight excluding hydrogens is 378 g/mol. The largest absolute Gasteiger partial charge is 0.332 e. The van der Waals surface area contributed by atoms with E-state index < -0.39 is 0 Å². The summed E-state index contributed by atoms with van der Waals surface area (Å²) < 4.78 is 4.75. The van der Waals surface area contributed by atoms with E-state index in [0.29, 0.717) is 35.2 Å². The fourth-order valence-electron chi connectivity index (χ4n) is 3.91. The SMILES string of the molecule is Cc1c(Cl)cccc1N1CCCn2c1nc1c2c(=O)n(CC(C)C)c(=O)n1C. The summed E-state index contributed by atoms with van der Waals surface area (Å²) in [6.07, 6.45) is 0.872. The standard InChI is InChI=1S/C20H24ClN5O2/c1-12(2)11-26-18(27)16-17(23(4)20(26)28)22-19-24(9-6-10-25(16)19)15-8-5-7-14(21)13(15)3/h5,7-8,12H,6,9-11H2,1-4H3. The number of hydrogen-bond donors (Lipinski definition) is 0. The quantitative estimate of drug-likeness (QED) is 0.676. The van der Waals surface area contributed by atoms with Crippen molar-refractivity contribution in [3.63, 3.8) is 0 Å². The molecule has 0 saturated carbocycles. The van der Waals surface area contributed by atoms with Crippen LogP contribution >= 0.6 is 11.6 Å². The molecule has 0 aliphatic carbocycles. The summed E-state index contributed by atoms with van der Waals surface area (Å²) >= 11 is 6.33. The predicted octanol–water partition coefficient (Wildman–Crippen LogP) is 3.06. The van der Waals surface area contributed by atoms with Gasteiger partial charge in [-0.2, -0.15) is 4.98 Å². The lowest BCUT2D eigenvalue weighted by Crippen LogP contribution is -2.41. The Morgan fingerprint density at radius 1 is 1.21 bits per heavy atom. The van der Waals surface area contributed by atoms with Gasteiger partial charge in [-0.05, 0) is 37.0 Å². The zero-order valence-electron chi connectivity index (χ0n) is 16.6. The van der Waals surface area contributed by atoms with Crippen LogP contribution in [0.2, 0.25) is 5.02 Å². The Morgan fingerprint density at radius 3 is 2.68 bits per heavy atom. The Hall–Kier alpha value is -2.54. The van der Waals surface area contributed by atoms with Crippen LogP contribution in [0.1, 0.15) is 25.8 Å². The first-order valence-electron chi connectivity index (χ1n) is 9.54. The van der Waals surface area contributed by atoms with Gasteiger partial charge in [-0.1, -0.05) is 31.5 Å². The molecule has 8 heteroatoms. The summed E-state index contributed by atoms with van der Waals surface area (Å²) in [6.45, 7) is 7.82. The van der Waals surface area contributed by atoms with E-state index in [1.165, 1.54) is 9.13 Å². The number of anilines is 2. The fraction of sp³-hybridized carbons (Fsp3) is 0.450. The molecule has 148 valence electrons. The van der Waals surface area contributed by atoms with Crippen molar-refractivity contribution in [2.75, 3.05) is 11.4 Å². The Labute approximate surface area is 167 Å². The predicted molar refractivity (Wildman–Crippen MR) is 112 cm³/mol. The Bertz CT molecular complexity index is 1190. The minimum Gasteiger partial charge on any atom is -0.312 e. The van der Waals surface area contributed by atoms with E-state index in [0.717, 1.165) is 24.2 Å². The molecule has 0 amide bonds. The normalized spacial score (nSPS) is 14.1. The smallest absolute Gasteiger partial charge is 0.312 e. The molecule has 0 radical (unpaired) electrons. The van der Waals surface area contributed by atoms with Crippen LogP contribution in [-0.2, 0) is 20.1 Å². The van der Waals surface area contributed by atoms with Crippen LogP contribution in [-0.4, -0.2) is 25.2 Å². The lowest BCUT2D eigenvalue weighted by Gasteiger charge is -2.30. The molecule has 3 aromatic rings. The number of nitrogens with zero attached hydrogens (tertiary/aromatic N) is 5. The number of hydrogen-bond acceptors (Lipinski definition) is 4. The third-order valence-corrected chi connectivity index (χ3v) is 5.70. The van der Waals surface area contributed by atoms with Crippen molar-refractivity contribution in [2.45, 2.75) is 40.3 Å². The number of rotatable bonds is 3. The van der Waals surface area contributed by atoms with Crippen molar-refractivity contribution in [1.82, 2.24) is 18.7 Å². The van der Waals surface area contributed by atoms with E-state index in [2.05, 4.69) is 4.90 Å². The minimum absolute atomic E-state index is 0.192. The van der Waals surface area contributed by atoms with Crippen molar-refractivity contribution in [1.29, 1.82) is 0 Å². The number of imidazole rings is 1. The first-order valence-corrected chi connectivity index (χ1v) is 9.91. The van der Waals surface area contributed by atoms with Crippen molar-refractivity contribution in [3.8, 4) is 0 Å². The van der Waals surface area contributed by atoms with Gasteiger partial charge in [-0.15, -0.1) is 0 Å². The van der Waals surface area contributed by atoms with Gasteiger partial charge in [0.05, 0.1) is 0 Å². The average molecular weight is 402 g/mol. The summed E-state index contributed by atoms with van der Waals surface area (Å²) in [7, 11) is 1.68. The van der Waals surface area contributed by atoms with E-state index >= 15 is 0 Å². The molecule has 0 spiro atoms. The fourth-order valence-corrected chi connectivity index (χ4v) is 4.08. The lowest BCUT2D eigenvalue weighted by molar-refractivity contribution is 0.483. The van der Waals surface area contributed by atoms with Gasteiger partial charge in [0, 0.05) is 37.4 Å². The van der Waals surface area contributed by atoms with Crippen LogP contribution in [0.3, 0.4) is 0 Å². The van der Waals surface area contributed by atoms with E-state index in [1.807, 2.05) is 43.5 Å².